The highest BCUT2D eigenvalue weighted by atomic mass is 16.3. The summed E-state index contributed by atoms with van der Waals surface area (Å²) in [7, 11) is 0. The van der Waals surface area contributed by atoms with Crippen LogP contribution in [-0.4, -0.2) is 35.2 Å². The van der Waals surface area contributed by atoms with Crippen molar-refractivity contribution in [2.45, 2.75) is 37.8 Å². The van der Waals surface area contributed by atoms with Crippen molar-refractivity contribution in [1.29, 1.82) is 0 Å². The molecular weight excluding hydrogens is 126 g/mol. The maximum absolute atomic E-state index is 9.33. The minimum atomic E-state index is -0.000602. The van der Waals surface area contributed by atoms with Crippen LogP contribution < -0.4 is 0 Å². The zero-order valence-corrected chi connectivity index (χ0v) is 6.29. The minimum absolute atomic E-state index is 0.000602. The summed E-state index contributed by atoms with van der Waals surface area (Å²) in [6.07, 6.45) is 4.68. The van der Waals surface area contributed by atoms with E-state index >= 15 is 0 Å². The van der Waals surface area contributed by atoms with Gasteiger partial charge in [-0.2, -0.15) is 0 Å². The largest absolute Gasteiger partial charge is 0.393 e. The standard InChI is InChI=1S/C8H15NO/c10-8-3-5-9-4-1-2-7(9)6-8/h7-8,10H,1-6H2/t7-,8-/m1/s1. The van der Waals surface area contributed by atoms with Gasteiger partial charge in [-0.3, -0.25) is 0 Å². The van der Waals surface area contributed by atoms with Crippen molar-refractivity contribution in [3.05, 3.63) is 0 Å². The second kappa shape index (κ2) is 2.51. The molecule has 2 heteroatoms. The summed E-state index contributed by atoms with van der Waals surface area (Å²) in [6, 6.07) is 0.726. The van der Waals surface area contributed by atoms with Gasteiger partial charge in [0.2, 0.25) is 0 Å². The van der Waals surface area contributed by atoms with E-state index in [0.29, 0.717) is 0 Å². The number of aliphatic hydroxyl groups excluding tert-OH is 1. The van der Waals surface area contributed by atoms with Gasteiger partial charge < -0.3 is 10.0 Å². The molecule has 0 amide bonds. The molecule has 0 spiro atoms. The Morgan fingerprint density at radius 3 is 3.00 bits per heavy atom. The number of fused-ring (bicyclic) bond motifs is 1. The van der Waals surface area contributed by atoms with E-state index in [4.69, 9.17) is 0 Å². The van der Waals surface area contributed by atoms with E-state index in [-0.39, 0.29) is 6.10 Å². The lowest BCUT2D eigenvalue weighted by Crippen LogP contribution is -2.39. The molecule has 2 nitrogen and oxygen atoms in total. The third-order valence-corrected chi connectivity index (χ3v) is 2.79. The predicted molar refractivity (Wildman–Crippen MR) is 39.8 cm³/mol. The van der Waals surface area contributed by atoms with Gasteiger partial charge in [-0.15, -0.1) is 0 Å². The first kappa shape index (κ1) is 6.62. The lowest BCUT2D eigenvalue weighted by Gasteiger charge is -2.32. The Kier molecular flexibility index (Phi) is 1.66. The van der Waals surface area contributed by atoms with E-state index in [1.165, 1.54) is 19.4 Å². The van der Waals surface area contributed by atoms with Gasteiger partial charge in [-0.05, 0) is 32.2 Å². The zero-order chi connectivity index (χ0) is 6.97. The molecule has 2 aliphatic rings. The van der Waals surface area contributed by atoms with Crippen LogP contribution in [0.15, 0.2) is 0 Å². The molecule has 0 unspecified atom stereocenters. The molecule has 58 valence electrons. The molecule has 2 atom stereocenters. The quantitative estimate of drug-likeness (QED) is 0.534. The average molecular weight is 141 g/mol. The van der Waals surface area contributed by atoms with Gasteiger partial charge in [-0.25, -0.2) is 0 Å². The smallest absolute Gasteiger partial charge is 0.0567 e. The fourth-order valence-corrected chi connectivity index (χ4v) is 2.20. The van der Waals surface area contributed by atoms with Crippen LogP contribution in [-0.2, 0) is 0 Å². The van der Waals surface area contributed by atoms with Crippen LogP contribution in [0.3, 0.4) is 0 Å². The van der Waals surface area contributed by atoms with Crippen LogP contribution in [0.4, 0.5) is 0 Å². The highest BCUT2D eigenvalue weighted by Gasteiger charge is 2.30. The monoisotopic (exact) mass is 141 g/mol. The van der Waals surface area contributed by atoms with Crippen molar-refractivity contribution in [1.82, 2.24) is 4.90 Å². The normalized spacial score (nSPS) is 41.7. The van der Waals surface area contributed by atoms with Crippen LogP contribution in [0.25, 0.3) is 0 Å². The molecule has 2 saturated heterocycles. The molecule has 0 aliphatic carbocycles. The number of nitrogens with zero attached hydrogens (tertiary/aromatic N) is 1. The van der Waals surface area contributed by atoms with Crippen molar-refractivity contribution in [2.75, 3.05) is 13.1 Å². The number of piperidine rings is 1. The van der Waals surface area contributed by atoms with E-state index in [9.17, 15) is 5.11 Å². The molecule has 2 rings (SSSR count). The molecule has 0 bridgehead atoms. The van der Waals surface area contributed by atoms with Crippen LogP contribution in [0.5, 0.6) is 0 Å². The minimum Gasteiger partial charge on any atom is -0.393 e. The van der Waals surface area contributed by atoms with Crippen molar-refractivity contribution in [2.24, 2.45) is 0 Å². The summed E-state index contributed by atoms with van der Waals surface area (Å²) >= 11 is 0. The van der Waals surface area contributed by atoms with E-state index in [0.717, 1.165) is 25.4 Å². The Hall–Kier alpha value is -0.0800. The molecular formula is C8H15NO. The third kappa shape index (κ3) is 1.06. The van der Waals surface area contributed by atoms with Gasteiger partial charge in [-0.1, -0.05) is 0 Å². The van der Waals surface area contributed by atoms with Crippen molar-refractivity contribution < 1.29 is 5.11 Å². The van der Waals surface area contributed by atoms with Crippen LogP contribution in [0.2, 0.25) is 0 Å². The predicted octanol–water partition coefficient (Wildman–Crippen LogP) is 0.606. The van der Waals surface area contributed by atoms with E-state index in [2.05, 4.69) is 4.90 Å². The molecule has 0 aromatic carbocycles. The first-order chi connectivity index (χ1) is 4.86. The number of hydrogen-bond donors (Lipinski definition) is 1. The molecule has 2 heterocycles. The molecule has 0 aromatic rings. The van der Waals surface area contributed by atoms with Crippen LogP contribution in [0, 0.1) is 0 Å². The van der Waals surface area contributed by atoms with Gasteiger partial charge >= 0.3 is 0 Å². The van der Waals surface area contributed by atoms with Gasteiger partial charge in [0.25, 0.3) is 0 Å². The summed E-state index contributed by atoms with van der Waals surface area (Å²) in [4.78, 5) is 2.52. The Morgan fingerprint density at radius 2 is 2.10 bits per heavy atom. The van der Waals surface area contributed by atoms with Crippen molar-refractivity contribution in [3.63, 3.8) is 0 Å². The maximum atomic E-state index is 9.33. The van der Waals surface area contributed by atoms with Crippen molar-refractivity contribution >= 4 is 0 Å². The number of rotatable bonds is 0. The van der Waals surface area contributed by atoms with Crippen LogP contribution in [0.1, 0.15) is 25.7 Å². The second-order valence-electron chi connectivity index (χ2n) is 3.51. The second-order valence-corrected chi connectivity index (χ2v) is 3.51. The first-order valence-corrected chi connectivity index (χ1v) is 4.28. The SMILES string of the molecule is O[C@@H]1CCN2CCC[C@@H]2C1. The van der Waals surface area contributed by atoms with Gasteiger partial charge in [0.1, 0.15) is 0 Å². The van der Waals surface area contributed by atoms with Crippen molar-refractivity contribution in [3.8, 4) is 0 Å². The Labute approximate surface area is 61.8 Å². The average Bonchev–Trinajstić information content (AvgIpc) is 2.33. The fourth-order valence-electron chi connectivity index (χ4n) is 2.20. The van der Waals surface area contributed by atoms with Gasteiger partial charge in [0.05, 0.1) is 6.10 Å². The summed E-state index contributed by atoms with van der Waals surface area (Å²) in [5, 5.41) is 9.33. The Balaban J connectivity index is 1.96. The lowest BCUT2D eigenvalue weighted by molar-refractivity contribution is 0.0621. The number of aliphatic hydroxyl groups is 1. The van der Waals surface area contributed by atoms with Crippen LogP contribution >= 0.6 is 0 Å². The molecule has 0 aromatic heterocycles. The Morgan fingerprint density at radius 1 is 1.20 bits per heavy atom. The van der Waals surface area contributed by atoms with E-state index in [1.54, 1.807) is 0 Å². The summed E-state index contributed by atoms with van der Waals surface area (Å²) in [6.45, 7) is 2.41. The fraction of sp³-hybridized carbons (Fsp3) is 1.00. The first-order valence-electron chi connectivity index (χ1n) is 4.28. The highest BCUT2D eigenvalue weighted by Crippen LogP contribution is 2.26. The topological polar surface area (TPSA) is 23.5 Å². The lowest BCUT2D eigenvalue weighted by atomic mass is 10.0. The highest BCUT2D eigenvalue weighted by molar-refractivity contribution is 4.85. The van der Waals surface area contributed by atoms with Gasteiger partial charge in [0, 0.05) is 12.6 Å². The summed E-state index contributed by atoms with van der Waals surface area (Å²) in [5.41, 5.74) is 0. The Bertz CT molecular complexity index is 126. The molecule has 0 saturated carbocycles. The summed E-state index contributed by atoms with van der Waals surface area (Å²) < 4.78 is 0. The molecule has 2 aliphatic heterocycles. The molecule has 0 radical (unpaired) electrons. The van der Waals surface area contributed by atoms with E-state index in [1.807, 2.05) is 0 Å². The third-order valence-electron chi connectivity index (χ3n) is 2.79. The van der Waals surface area contributed by atoms with E-state index < -0.39 is 0 Å². The maximum Gasteiger partial charge on any atom is 0.0567 e. The zero-order valence-electron chi connectivity index (χ0n) is 6.29. The molecule has 2 fully saturated rings. The number of hydrogen-bond acceptors (Lipinski definition) is 2. The molecule has 10 heavy (non-hydrogen) atoms. The van der Waals surface area contributed by atoms with Gasteiger partial charge in [0.15, 0.2) is 0 Å². The summed E-state index contributed by atoms with van der Waals surface area (Å²) in [5.74, 6) is 0. The molecule has 1 N–H and O–H groups in total.